The maximum atomic E-state index is 12.3. The molecule has 5 nitrogen and oxygen atoms in total. The monoisotopic (exact) mass is 298 g/mol. The van der Waals surface area contributed by atoms with Gasteiger partial charge in [0.25, 0.3) is 0 Å². The van der Waals surface area contributed by atoms with Gasteiger partial charge in [0, 0.05) is 25.9 Å². The Kier molecular flexibility index (Phi) is 6.20. The molecule has 0 aromatic rings. The number of nitrogens with zero attached hydrogens (tertiary/aromatic N) is 2. The Balaban J connectivity index is 2.92. The van der Waals surface area contributed by atoms with Crippen molar-refractivity contribution in [2.24, 2.45) is 11.8 Å². The third kappa shape index (κ3) is 4.70. The van der Waals surface area contributed by atoms with Gasteiger partial charge in [-0.1, -0.05) is 34.6 Å². The smallest absolute Gasteiger partial charge is 0.222 e. The molecule has 0 bridgehead atoms. The molecule has 0 aromatic heterocycles. The van der Waals surface area contributed by atoms with E-state index in [1.165, 1.54) is 0 Å². The van der Waals surface area contributed by atoms with E-state index in [1.54, 1.807) is 9.80 Å². The number of carbonyl (C=O) groups is 2. The van der Waals surface area contributed by atoms with Crippen molar-refractivity contribution in [3.05, 3.63) is 0 Å². The van der Waals surface area contributed by atoms with Crippen LogP contribution in [0.15, 0.2) is 0 Å². The van der Waals surface area contributed by atoms with Crippen LogP contribution in [0.25, 0.3) is 0 Å². The first-order valence-corrected chi connectivity index (χ1v) is 7.97. The lowest BCUT2D eigenvalue weighted by Crippen LogP contribution is -2.52. The number of aliphatic hydroxyl groups is 1. The fourth-order valence-corrected chi connectivity index (χ4v) is 2.60. The largest absolute Gasteiger partial charge is 0.386 e. The summed E-state index contributed by atoms with van der Waals surface area (Å²) in [6.45, 7) is 11.3. The average molecular weight is 298 g/mol. The van der Waals surface area contributed by atoms with Crippen LogP contribution >= 0.6 is 0 Å². The predicted octanol–water partition coefficient (Wildman–Crippen LogP) is 1.50. The van der Waals surface area contributed by atoms with E-state index in [0.29, 0.717) is 44.9 Å². The van der Waals surface area contributed by atoms with Crippen molar-refractivity contribution < 1.29 is 14.7 Å². The average Bonchev–Trinajstić information content (AvgIpc) is 2.57. The van der Waals surface area contributed by atoms with Gasteiger partial charge < -0.3 is 14.9 Å². The fourth-order valence-electron chi connectivity index (χ4n) is 2.60. The Morgan fingerprint density at radius 3 is 1.90 bits per heavy atom. The minimum absolute atomic E-state index is 0.0166. The summed E-state index contributed by atoms with van der Waals surface area (Å²) in [6, 6.07) is 0. The van der Waals surface area contributed by atoms with Crippen LogP contribution in [0.4, 0.5) is 0 Å². The van der Waals surface area contributed by atoms with Gasteiger partial charge in [-0.25, -0.2) is 0 Å². The summed E-state index contributed by atoms with van der Waals surface area (Å²) < 4.78 is 0. The van der Waals surface area contributed by atoms with Gasteiger partial charge >= 0.3 is 0 Å². The van der Waals surface area contributed by atoms with Gasteiger partial charge in [-0.2, -0.15) is 0 Å². The molecule has 1 heterocycles. The predicted molar refractivity (Wildman–Crippen MR) is 82.7 cm³/mol. The highest BCUT2D eigenvalue weighted by Crippen LogP contribution is 2.24. The maximum absolute atomic E-state index is 12.3. The summed E-state index contributed by atoms with van der Waals surface area (Å²) in [5.74, 6) is 0.375. The SMILES string of the molecule is CCC(=O)N1CCN(C(=O)CC(C)C)CC(O)(C(C)C)C1. The molecule has 2 amide bonds. The quantitative estimate of drug-likeness (QED) is 0.855. The van der Waals surface area contributed by atoms with Crippen LogP contribution in [-0.4, -0.2) is 58.5 Å². The molecule has 1 rings (SSSR count). The molecular weight excluding hydrogens is 268 g/mol. The first kappa shape index (κ1) is 18.0. The van der Waals surface area contributed by atoms with Crippen molar-refractivity contribution in [2.45, 2.75) is 53.1 Å². The van der Waals surface area contributed by atoms with Crippen molar-refractivity contribution in [2.75, 3.05) is 26.2 Å². The van der Waals surface area contributed by atoms with Crippen LogP contribution in [0.3, 0.4) is 0 Å². The summed E-state index contributed by atoms with van der Waals surface area (Å²) in [5.41, 5.74) is -1.03. The van der Waals surface area contributed by atoms with Gasteiger partial charge in [-0.15, -0.1) is 0 Å². The van der Waals surface area contributed by atoms with E-state index < -0.39 is 5.60 Å². The highest BCUT2D eigenvalue weighted by molar-refractivity contribution is 5.78. The number of β-amino-alcohol motifs (C(OH)–C–C–N with tert-alkyl or cyclic N) is 1. The molecule has 1 aliphatic rings. The molecule has 1 saturated heterocycles. The molecule has 0 spiro atoms. The summed E-state index contributed by atoms with van der Waals surface area (Å²) in [7, 11) is 0. The second-order valence-corrected chi connectivity index (χ2v) is 6.84. The molecule has 0 aromatic carbocycles. The molecule has 1 fully saturated rings. The molecule has 1 atom stereocenters. The van der Waals surface area contributed by atoms with Crippen molar-refractivity contribution in [1.29, 1.82) is 0 Å². The van der Waals surface area contributed by atoms with Crippen molar-refractivity contribution in [3.63, 3.8) is 0 Å². The van der Waals surface area contributed by atoms with E-state index in [1.807, 2.05) is 34.6 Å². The Morgan fingerprint density at radius 1 is 1.05 bits per heavy atom. The molecular formula is C16H30N2O3. The summed E-state index contributed by atoms with van der Waals surface area (Å²) in [6.07, 6.45) is 0.907. The summed E-state index contributed by atoms with van der Waals surface area (Å²) >= 11 is 0. The number of rotatable bonds is 4. The van der Waals surface area contributed by atoms with E-state index in [4.69, 9.17) is 0 Å². The number of carbonyl (C=O) groups excluding carboxylic acids is 2. The second kappa shape index (κ2) is 7.25. The topological polar surface area (TPSA) is 60.9 Å². The van der Waals surface area contributed by atoms with Gasteiger partial charge in [-0.3, -0.25) is 9.59 Å². The van der Waals surface area contributed by atoms with E-state index in [9.17, 15) is 14.7 Å². The van der Waals surface area contributed by atoms with Crippen LogP contribution < -0.4 is 0 Å². The van der Waals surface area contributed by atoms with Gasteiger partial charge in [0.1, 0.15) is 5.60 Å². The van der Waals surface area contributed by atoms with E-state index >= 15 is 0 Å². The van der Waals surface area contributed by atoms with E-state index in [-0.39, 0.29) is 17.7 Å². The molecule has 1 N–H and O–H groups in total. The minimum atomic E-state index is -1.03. The lowest BCUT2D eigenvalue weighted by Gasteiger charge is -2.36. The summed E-state index contributed by atoms with van der Waals surface area (Å²) in [5, 5.41) is 10.9. The lowest BCUT2D eigenvalue weighted by atomic mass is 9.89. The second-order valence-electron chi connectivity index (χ2n) is 6.84. The van der Waals surface area contributed by atoms with Crippen molar-refractivity contribution in [1.82, 2.24) is 9.80 Å². The van der Waals surface area contributed by atoms with Gasteiger partial charge in [0.2, 0.25) is 11.8 Å². The number of amides is 2. The van der Waals surface area contributed by atoms with Gasteiger partial charge in [0.15, 0.2) is 0 Å². The van der Waals surface area contributed by atoms with Gasteiger partial charge in [0.05, 0.1) is 13.1 Å². The molecule has 122 valence electrons. The maximum Gasteiger partial charge on any atom is 0.222 e. The first-order valence-electron chi connectivity index (χ1n) is 7.97. The minimum Gasteiger partial charge on any atom is -0.386 e. The number of hydrogen-bond donors (Lipinski definition) is 1. The highest BCUT2D eigenvalue weighted by Gasteiger charge is 2.40. The molecule has 0 radical (unpaired) electrons. The normalized spacial score (nSPS) is 23.6. The molecule has 0 aliphatic carbocycles. The van der Waals surface area contributed by atoms with Gasteiger partial charge in [-0.05, 0) is 11.8 Å². The van der Waals surface area contributed by atoms with Crippen LogP contribution in [-0.2, 0) is 9.59 Å². The zero-order valence-electron chi connectivity index (χ0n) is 14.1. The van der Waals surface area contributed by atoms with Crippen LogP contribution in [0.2, 0.25) is 0 Å². The lowest BCUT2D eigenvalue weighted by molar-refractivity contribution is -0.136. The first-order chi connectivity index (χ1) is 9.69. The standard InChI is InChI=1S/C16H30N2O3/c1-6-14(19)17-7-8-18(15(20)9-12(2)3)11-16(21,10-17)13(4)5/h12-13,21H,6-11H2,1-5H3. The highest BCUT2D eigenvalue weighted by atomic mass is 16.3. The molecule has 5 heteroatoms. The third-order valence-corrected chi connectivity index (χ3v) is 4.23. The number of hydrogen-bond acceptors (Lipinski definition) is 3. The van der Waals surface area contributed by atoms with Crippen molar-refractivity contribution >= 4 is 11.8 Å². The van der Waals surface area contributed by atoms with Crippen molar-refractivity contribution in [3.8, 4) is 0 Å². The zero-order valence-corrected chi connectivity index (χ0v) is 14.1. The molecule has 1 aliphatic heterocycles. The Bertz CT molecular complexity index is 382. The molecule has 21 heavy (non-hydrogen) atoms. The fraction of sp³-hybridized carbons (Fsp3) is 0.875. The van der Waals surface area contributed by atoms with E-state index in [2.05, 4.69) is 0 Å². The summed E-state index contributed by atoms with van der Waals surface area (Å²) in [4.78, 5) is 27.7. The Hall–Kier alpha value is -1.10. The van der Waals surface area contributed by atoms with Crippen LogP contribution in [0.1, 0.15) is 47.5 Å². The van der Waals surface area contributed by atoms with Crippen LogP contribution in [0.5, 0.6) is 0 Å². The van der Waals surface area contributed by atoms with Crippen LogP contribution in [0, 0.1) is 11.8 Å². The third-order valence-electron chi connectivity index (χ3n) is 4.23. The zero-order chi connectivity index (χ0) is 16.2. The molecule has 0 saturated carbocycles. The Morgan fingerprint density at radius 2 is 1.52 bits per heavy atom. The van der Waals surface area contributed by atoms with E-state index in [0.717, 1.165) is 0 Å². The molecule has 1 unspecified atom stereocenters. The Labute approximate surface area is 128 Å².